The molecule has 0 radical (unpaired) electrons. The Morgan fingerprint density at radius 3 is 2.30 bits per heavy atom. The average Bonchev–Trinajstić information content (AvgIpc) is 2.81. The Morgan fingerprint density at radius 1 is 0.900 bits per heavy atom. The van der Waals surface area contributed by atoms with E-state index in [1.165, 1.54) is 0 Å². The number of piperazine rings is 1. The van der Waals surface area contributed by atoms with Crippen LogP contribution in [0.25, 0.3) is 0 Å². The van der Waals surface area contributed by atoms with Gasteiger partial charge in [-0.25, -0.2) is 9.97 Å². The quantitative estimate of drug-likeness (QED) is 0.658. The molecule has 0 saturated carbocycles. The molecule has 2 N–H and O–H groups in total. The Labute approximate surface area is 176 Å². The molecule has 3 heterocycles. The number of rotatable bonds is 6. The van der Waals surface area contributed by atoms with Gasteiger partial charge in [0.15, 0.2) is 0 Å². The van der Waals surface area contributed by atoms with E-state index in [0.717, 1.165) is 43.4 Å². The summed E-state index contributed by atoms with van der Waals surface area (Å²) in [5.41, 5.74) is 1.67. The molecule has 0 bridgehead atoms. The zero-order chi connectivity index (χ0) is 20.8. The van der Waals surface area contributed by atoms with E-state index in [2.05, 4.69) is 25.1 Å². The monoisotopic (exact) mass is 403 g/mol. The van der Waals surface area contributed by atoms with Crippen molar-refractivity contribution in [2.45, 2.75) is 6.42 Å². The Morgan fingerprint density at radius 2 is 1.60 bits per heavy atom. The maximum Gasteiger partial charge on any atom is 0.251 e. The number of carbonyl (C=O) groups is 1. The van der Waals surface area contributed by atoms with Crippen LogP contribution in [0.2, 0.25) is 0 Å². The van der Waals surface area contributed by atoms with Crippen LogP contribution in [-0.4, -0.2) is 53.7 Å². The topological polar surface area (TPSA) is 81.6 Å². The van der Waals surface area contributed by atoms with Crippen LogP contribution in [0.1, 0.15) is 15.9 Å². The van der Waals surface area contributed by atoms with Crippen molar-refractivity contribution in [1.82, 2.24) is 15.3 Å². The molecule has 0 unspecified atom stereocenters. The maximum atomic E-state index is 12.5. The highest BCUT2D eigenvalue weighted by Crippen LogP contribution is 2.18. The highest BCUT2D eigenvalue weighted by Gasteiger charge is 2.19. The molecule has 7 nitrogen and oxygen atoms in total. The van der Waals surface area contributed by atoms with Crippen LogP contribution >= 0.6 is 0 Å². The smallest absolute Gasteiger partial charge is 0.251 e. The SMILES string of the molecule is O=C(NCCc1ccc(O)cc1)c1ccnc(N2CCN(c3ccccn3)CC2)c1. The molecule has 0 aliphatic carbocycles. The van der Waals surface area contributed by atoms with Crippen molar-refractivity contribution < 1.29 is 9.90 Å². The van der Waals surface area contributed by atoms with Crippen molar-refractivity contribution in [2.75, 3.05) is 42.5 Å². The van der Waals surface area contributed by atoms with Gasteiger partial charge >= 0.3 is 0 Å². The van der Waals surface area contributed by atoms with Gasteiger partial charge in [-0.1, -0.05) is 18.2 Å². The van der Waals surface area contributed by atoms with Crippen LogP contribution in [0, 0.1) is 0 Å². The number of anilines is 2. The molecule has 2 aromatic heterocycles. The number of carbonyl (C=O) groups excluding carboxylic acids is 1. The van der Waals surface area contributed by atoms with Gasteiger partial charge in [0.2, 0.25) is 0 Å². The molecule has 1 aliphatic heterocycles. The first kappa shape index (κ1) is 19.7. The minimum Gasteiger partial charge on any atom is -0.508 e. The zero-order valence-electron chi connectivity index (χ0n) is 16.7. The fourth-order valence-corrected chi connectivity index (χ4v) is 3.52. The molecule has 1 aromatic carbocycles. The van der Waals surface area contributed by atoms with Gasteiger partial charge in [0.1, 0.15) is 17.4 Å². The van der Waals surface area contributed by atoms with Crippen LogP contribution in [0.3, 0.4) is 0 Å². The largest absolute Gasteiger partial charge is 0.508 e. The van der Waals surface area contributed by atoms with Gasteiger partial charge in [0, 0.05) is 50.7 Å². The molecule has 1 amide bonds. The second-order valence-corrected chi connectivity index (χ2v) is 7.24. The molecular weight excluding hydrogens is 378 g/mol. The van der Waals surface area contributed by atoms with Crippen LogP contribution in [0.4, 0.5) is 11.6 Å². The molecule has 0 atom stereocenters. The first-order valence-electron chi connectivity index (χ1n) is 10.1. The Hall–Kier alpha value is -3.61. The lowest BCUT2D eigenvalue weighted by molar-refractivity contribution is 0.0954. The molecule has 7 heteroatoms. The fourth-order valence-electron chi connectivity index (χ4n) is 3.52. The van der Waals surface area contributed by atoms with Crippen molar-refractivity contribution in [3.8, 4) is 5.75 Å². The van der Waals surface area contributed by atoms with Gasteiger partial charge in [-0.3, -0.25) is 4.79 Å². The fraction of sp³-hybridized carbons (Fsp3) is 0.261. The summed E-state index contributed by atoms with van der Waals surface area (Å²) in [7, 11) is 0. The predicted octanol–water partition coefficient (Wildman–Crippen LogP) is 2.48. The number of hydrogen-bond donors (Lipinski definition) is 2. The molecule has 1 saturated heterocycles. The highest BCUT2D eigenvalue weighted by molar-refractivity contribution is 5.94. The van der Waals surface area contributed by atoms with Gasteiger partial charge in [-0.15, -0.1) is 0 Å². The third-order valence-electron chi connectivity index (χ3n) is 5.22. The molecule has 3 aromatic rings. The molecule has 154 valence electrons. The van der Waals surface area contributed by atoms with Crippen molar-refractivity contribution in [3.05, 3.63) is 78.1 Å². The lowest BCUT2D eigenvalue weighted by atomic mass is 10.1. The number of nitrogens with one attached hydrogen (secondary N) is 1. The highest BCUT2D eigenvalue weighted by atomic mass is 16.3. The number of hydrogen-bond acceptors (Lipinski definition) is 6. The number of phenolic OH excluding ortho intramolecular Hbond substituents is 1. The van der Waals surface area contributed by atoms with E-state index in [-0.39, 0.29) is 11.7 Å². The predicted molar refractivity (Wildman–Crippen MR) is 117 cm³/mol. The van der Waals surface area contributed by atoms with Crippen LogP contribution in [-0.2, 0) is 6.42 Å². The summed E-state index contributed by atoms with van der Waals surface area (Å²) >= 11 is 0. The molecule has 1 fully saturated rings. The van der Waals surface area contributed by atoms with E-state index >= 15 is 0 Å². The number of amides is 1. The third kappa shape index (κ3) is 4.86. The Kier molecular flexibility index (Phi) is 6.08. The van der Waals surface area contributed by atoms with Crippen molar-refractivity contribution in [1.29, 1.82) is 0 Å². The minimum absolute atomic E-state index is 0.107. The summed E-state index contributed by atoms with van der Waals surface area (Å²) < 4.78 is 0. The van der Waals surface area contributed by atoms with E-state index in [1.807, 2.05) is 42.6 Å². The van der Waals surface area contributed by atoms with E-state index in [9.17, 15) is 9.90 Å². The number of aromatic hydroxyl groups is 1. The first-order chi connectivity index (χ1) is 14.7. The van der Waals surface area contributed by atoms with E-state index in [1.54, 1.807) is 24.4 Å². The van der Waals surface area contributed by atoms with Crippen LogP contribution in [0.15, 0.2) is 67.0 Å². The second kappa shape index (κ2) is 9.26. The molecule has 1 aliphatic rings. The van der Waals surface area contributed by atoms with Gasteiger partial charge in [0.25, 0.3) is 5.91 Å². The van der Waals surface area contributed by atoms with Crippen molar-refractivity contribution in [3.63, 3.8) is 0 Å². The summed E-state index contributed by atoms with van der Waals surface area (Å²) in [6.45, 7) is 3.92. The summed E-state index contributed by atoms with van der Waals surface area (Å²) in [5.74, 6) is 1.95. The summed E-state index contributed by atoms with van der Waals surface area (Å²) in [4.78, 5) is 25.9. The standard InChI is InChI=1S/C23H25N5O2/c29-20-6-4-18(5-7-20)8-11-26-23(30)19-9-12-25-22(17-19)28-15-13-27(14-16-28)21-3-1-2-10-24-21/h1-7,9-10,12,17,29H,8,11,13-16H2,(H,26,30). The maximum absolute atomic E-state index is 12.5. The van der Waals surface area contributed by atoms with Crippen molar-refractivity contribution >= 4 is 17.5 Å². The van der Waals surface area contributed by atoms with Gasteiger partial charge in [0.05, 0.1) is 0 Å². The van der Waals surface area contributed by atoms with E-state index in [4.69, 9.17) is 0 Å². The van der Waals surface area contributed by atoms with E-state index in [0.29, 0.717) is 18.5 Å². The summed E-state index contributed by atoms with van der Waals surface area (Å²) in [6.07, 6.45) is 4.21. The first-order valence-corrected chi connectivity index (χ1v) is 10.1. The lowest BCUT2D eigenvalue weighted by Crippen LogP contribution is -2.47. The van der Waals surface area contributed by atoms with Gasteiger partial charge in [-0.05, 0) is 48.4 Å². The molecular formula is C23H25N5O2. The Bertz CT molecular complexity index is 970. The van der Waals surface area contributed by atoms with E-state index < -0.39 is 0 Å². The number of aromatic nitrogens is 2. The number of benzene rings is 1. The molecule has 0 spiro atoms. The third-order valence-corrected chi connectivity index (χ3v) is 5.22. The number of pyridine rings is 2. The molecule has 30 heavy (non-hydrogen) atoms. The second-order valence-electron chi connectivity index (χ2n) is 7.24. The summed E-state index contributed by atoms with van der Waals surface area (Å²) in [5, 5.41) is 12.3. The normalized spacial score (nSPS) is 13.9. The lowest BCUT2D eigenvalue weighted by Gasteiger charge is -2.36. The van der Waals surface area contributed by atoms with Gasteiger partial charge < -0.3 is 20.2 Å². The Balaban J connectivity index is 1.31. The van der Waals surface area contributed by atoms with Crippen LogP contribution < -0.4 is 15.1 Å². The average molecular weight is 403 g/mol. The number of nitrogens with zero attached hydrogens (tertiary/aromatic N) is 4. The molecule has 4 rings (SSSR count). The van der Waals surface area contributed by atoms with Crippen molar-refractivity contribution in [2.24, 2.45) is 0 Å². The van der Waals surface area contributed by atoms with Gasteiger partial charge in [-0.2, -0.15) is 0 Å². The minimum atomic E-state index is -0.107. The van der Waals surface area contributed by atoms with Crippen LogP contribution in [0.5, 0.6) is 5.75 Å². The number of phenols is 1. The summed E-state index contributed by atoms with van der Waals surface area (Å²) in [6, 6.07) is 16.6. The zero-order valence-corrected chi connectivity index (χ0v) is 16.7.